The summed E-state index contributed by atoms with van der Waals surface area (Å²) in [6, 6.07) is 0. The van der Waals surface area contributed by atoms with Crippen molar-refractivity contribution in [3.8, 4) is 0 Å². The molecule has 1 aliphatic heterocycles. The van der Waals surface area contributed by atoms with Crippen molar-refractivity contribution >= 4 is 6.29 Å². The number of carbonyl (C=O) groups is 1. The topological polar surface area (TPSA) is 26.3 Å². The van der Waals surface area contributed by atoms with Crippen molar-refractivity contribution in [1.82, 2.24) is 0 Å². The first-order valence-electron chi connectivity index (χ1n) is 4.43. The van der Waals surface area contributed by atoms with Gasteiger partial charge in [0.25, 0.3) is 0 Å². The van der Waals surface area contributed by atoms with Gasteiger partial charge in [-0.1, -0.05) is 0 Å². The van der Waals surface area contributed by atoms with Crippen molar-refractivity contribution in [3.63, 3.8) is 0 Å². The van der Waals surface area contributed by atoms with Crippen molar-refractivity contribution in [1.29, 1.82) is 0 Å². The minimum absolute atomic E-state index is 0.361. The molecule has 0 aliphatic carbocycles. The molecule has 0 saturated carbocycles. The van der Waals surface area contributed by atoms with Crippen LogP contribution in [-0.2, 0) is 9.53 Å². The van der Waals surface area contributed by atoms with Gasteiger partial charge in [-0.05, 0) is 25.7 Å². The molecule has 0 aromatic heterocycles. The van der Waals surface area contributed by atoms with Crippen LogP contribution in [0.5, 0.6) is 0 Å². The minimum atomic E-state index is -0.425. The van der Waals surface area contributed by atoms with Gasteiger partial charge in [0.1, 0.15) is 6.29 Å². The van der Waals surface area contributed by atoms with Gasteiger partial charge in [0, 0.05) is 18.6 Å². The summed E-state index contributed by atoms with van der Waals surface area (Å²) in [5, 5.41) is 0. The van der Waals surface area contributed by atoms with Crippen LogP contribution in [-0.4, -0.2) is 26.2 Å². The fourth-order valence-corrected chi connectivity index (χ4v) is 1.64. The monoisotopic (exact) mass is 174 g/mol. The first kappa shape index (κ1) is 9.65. The van der Waals surface area contributed by atoms with E-state index in [1.54, 1.807) is 0 Å². The van der Waals surface area contributed by atoms with E-state index < -0.39 is 12.1 Å². The number of carbonyl (C=O) groups excluding carboxylic acids is 1. The maximum Gasteiger partial charge on any atom is 0.126 e. The third-order valence-corrected chi connectivity index (χ3v) is 2.55. The quantitative estimate of drug-likeness (QED) is 0.609. The lowest BCUT2D eigenvalue weighted by Gasteiger charge is -2.23. The Morgan fingerprint density at radius 1 is 1.42 bits per heavy atom. The predicted molar refractivity (Wildman–Crippen MR) is 43.8 cm³/mol. The molecule has 1 fully saturated rings. The van der Waals surface area contributed by atoms with Gasteiger partial charge in [0.2, 0.25) is 0 Å². The van der Waals surface area contributed by atoms with Crippen molar-refractivity contribution in [2.75, 3.05) is 19.9 Å². The Bertz CT molecular complexity index is 139. The maximum atomic E-state index is 12.1. The van der Waals surface area contributed by atoms with E-state index in [-0.39, 0.29) is 0 Å². The average Bonchev–Trinajstić information content (AvgIpc) is 2.32. The van der Waals surface area contributed by atoms with E-state index in [1.807, 2.05) is 0 Å². The van der Waals surface area contributed by atoms with Crippen molar-refractivity contribution in [2.24, 2.45) is 5.41 Å². The normalized spacial score (nSPS) is 31.1. The standard InChI is InChI=1S/C9H15FO2/c10-5-3-9(8-11)2-1-6-12-7-4-9/h8H,1-7H2. The van der Waals surface area contributed by atoms with Crippen LogP contribution >= 0.6 is 0 Å². The molecule has 0 aromatic carbocycles. The zero-order chi connectivity index (χ0) is 8.86. The molecule has 0 bridgehead atoms. The third kappa shape index (κ3) is 2.27. The third-order valence-electron chi connectivity index (χ3n) is 2.55. The van der Waals surface area contributed by atoms with Crippen molar-refractivity contribution in [2.45, 2.75) is 25.7 Å². The molecule has 1 aliphatic rings. The summed E-state index contributed by atoms with van der Waals surface area (Å²) >= 11 is 0. The highest BCUT2D eigenvalue weighted by Gasteiger charge is 2.30. The van der Waals surface area contributed by atoms with E-state index in [0.29, 0.717) is 26.1 Å². The van der Waals surface area contributed by atoms with Gasteiger partial charge in [-0.3, -0.25) is 4.39 Å². The Hall–Kier alpha value is -0.440. The predicted octanol–water partition coefficient (Wildman–Crippen LogP) is 1.73. The Morgan fingerprint density at radius 2 is 2.25 bits per heavy atom. The molecule has 1 unspecified atom stereocenters. The summed E-state index contributed by atoms with van der Waals surface area (Å²) < 4.78 is 17.4. The van der Waals surface area contributed by atoms with E-state index in [4.69, 9.17) is 4.74 Å². The summed E-state index contributed by atoms with van der Waals surface area (Å²) in [6.45, 7) is 0.902. The van der Waals surface area contributed by atoms with Crippen LogP contribution in [0.4, 0.5) is 4.39 Å². The highest BCUT2D eigenvalue weighted by atomic mass is 19.1. The number of aldehydes is 1. The van der Waals surface area contributed by atoms with Gasteiger partial charge < -0.3 is 9.53 Å². The second-order valence-corrected chi connectivity index (χ2v) is 3.39. The van der Waals surface area contributed by atoms with E-state index in [9.17, 15) is 9.18 Å². The van der Waals surface area contributed by atoms with Crippen LogP contribution < -0.4 is 0 Å². The molecule has 0 aromatic rings. The van der Waals surface area contributed by atoms with Gasteiger partial charge >= 0.3 is 0 Å². The summed E-state index contributed by atoms with van der Waals surface area (Å²) in [5.41, 5.74) is -0.425. The van der Waals surface area contributed by atoms with E-state index >= 15 is 0 Å². The molecule has 12 heavy (non-hydrogen) atoms. The second-order valence-electron chi connectivity index (χ2n) is 3.39. The van der Waals surface area contributed by atoms with Crippen molar-refractivity contribution < 1.29 is 13.9 Å². The number of ether oxygens (including phenoxy) is 1. The van der Waals surface area contributed by atoms with Crippen LogP contribution in [0.25, 0.3) is 0 Å². The molecule has 1 saturated heterocycles. The fourth-order valence-electron chi connectivity index (χ4n) is 1.64. The number of rotatable bonds is 3. The lowest BCUT2D eigenvalue weighted by Crippen LogP contribution is -2.23. The van der Waals surface area contributed by atoms with Gasteiger partial charge in [0.05, 0.1) is 6.67 Å². The average molecular weight is 174 g/mol. The Balaban J connectivity index is 2.54. The van der Waals surface area contributed by atoms with Gasteiger partial charge in [-0.15, -0.1) is 0 Å². The highest BCUT2D eigenvalue weighted by Crippen LogP contribution is 2.32. The molecule has 1 heterocycles. The van der Waals surface area contributed by atoms with Crippen LogP contribution in [0, 0.1) is 5.41 Å². The van der Waals surface area contributed by atoms with Crippen LogP contribution in [0.15, 0.2) is 0 Å². The molecule has 1 atom stereocenters. The van der Waals surface area contributed by atoms with Crippen LogP contribution in [0.1, 0.15) is 25.7 Å². The molecule has 0 spiro atoms. The molecule has 0 radical (unpaired) electrons. The molecular formula is C9H15FO2. The Kier molecular flexibility index (Phi) is 3.66. The SMILES string of the molecule is O=CC1(CCF)CCCOCC1. The smallest absolute Gasteiger partial charge is 0.126 e. The number of alkyl halides is 1. The second kappa shape index (κ2) is 4.55. The highest BCUT2D eigenvalue weighted by molar-refractivity contribution is 5.59. The van der Waals surface area contributed by atoms with E-state index in [2.05, 4.69) is 0 Å². The number of hydrogen-bond acceptors (Lipinski definition) is 2. The maximum absolute atomic E-state index is 12.1. The lowest BCUT2D eigenvalue weighted by molar-refractivity contribution is -0.117. The van der Waals surface area contributed by atoms with E-state index in [0.717, 1.165) is 19.1 Å². The molecule has 70 valence electrons. The largest absolute Gasteiger partial charge is 0.381 e. The van der Waals surface area contributed by atoms with E-state index in [1.165, 1.54) is 0 Å². The summed E-state index contributed by atoms with van der Waals surface area (Å²) in [4.78, 5) is 10.8. The lowest BCUT2D eigenvalue weighted by atomic mass is 9.80. The molecule has 0 amide bonds. The zero-order valence-corrected chi connectivity index (χ0v) is 7.22. The molecule has 0 N–H and O–H groups in total. The number of halogens is 1. The van der Waals surface area contributed by atoms with Gasteiger partial charge in [-0.25, -0.2) is 0 Å². The van der Waals surface area contributed by atoms with Gasteiger partial charge in [0.15, 0.2) is 0 Å². The molecule has 2 nitrogen and oxygen atoms in total. The van der Waals surface area contributed by atoms with Crippen molar-refractivity contribution in [3.05, 3.63) is 0 Å². The summed E-state index contributed by atoms with van der Waals surface area (Å²) in [5.74, 6) is 0. The molecule has 3 heteroatoms. The molecule has 1 rings (SSSR count). The van der Waals surface area contributed by atoms with Gasteiger partial charge in [-0.2, -0.15) is 0 Å². The molecular weight excluding hydrogens is 159 g/mol. The minimum Gasteiger partial charge on any atom is -0.381 e. The van der Waals surface area contributed by atoms with Crippen LogP contribution in [0.2, 0.25) is 0 Å². The first-order valence-corrected chi connectivity index (χ1v) is 4.43. The summed E-state index contributed by atoms with van der Waals surface area (Å²) in [7, 11) is 0. The Morgan fingerprint density at radius 3 is 2.92 bits per heavy atom. The van der Waals surface area contributed by atoms with Crippen LogP contribution in [0.3, 0.4) is 0 Å². The zero-order valence-electron chi connectivity index (χ0n) is 7.22. The fraction of sp³-hybridized carbons (Fsp3) is 0.889. The Labute approximate surface area is 72.1 Å². The first-order chi connectivity index (χ1) is 5.83. The number of hydrogen-bond donors (Lipinski definition) is 0. The summed E-state index contributed by atoms with van der Waals surface area (Å²) in [6.07, 6.45) is 3.61.